The summed E-state index contributed by atoms with van der Waals surface area (Å²) < 4.78 is 86.3. The molecule has 0 spiro atoms. The van der Waals surface area contributed by atoms with Crippen LogP contribution in [0.1, 0.15) is 0 Å². The fraction of sp³-hybridized carbons (Fsp3) is 0.385. The van der Waals surface area contributed by atoms with E-state index in [4.69, 9.17) is 0 Å². The van der Waals surface area contributed by atoms with E-state index in [1.54, 1.807) is 0 Å². The van der Waals surface area contributed by atoms with Crippen LogP contribution in [0, 0.1) is 5.41 Å². The number of rotatable bonds is 12. The highest BCUT2D eigenvalue weighted by Crippen LogP contribution is 2.45. The Morgan fingerprint density at radius 2 is 0.720 bits per heavy atom. The van der Waals surface area contributed by atoms with Crippen LogP contribution in [0.25, 0.3) is 0 Å². The summed E-state index contributed by atoms with van der Waals surface area (Å²) in [6.45, 7) is 13.5. The topological polar surface area (TPSA) is 149 Å². The summed E-state index contributed by atoms with van der Waals surface area (Å²) in [5.41, 5.74) is -2.22. The Hall–Kier alpha value is -0.600. The fourth-order valence-corrected chi connectivity index (χ4v) is 7.15. The molecule has 0 radical (unpaired) electrons. The van der Waals surface area contributed by atoms with E-state index in [-0.39, 0.29) is 0 Å². The van der Waals surface area contributed by atoms with E-state index in [0.717, 1.165) is 24.3 Å². The van der Waals surface area contributed by atoms with Gasteiger partial charge in [-0.3, -0.25) is 0 Å². The van der Waals surface area contributed by atoms with Gasteiger partial charge >= 0.3 is 0 Å². The van der Waals surface area contributed by atoms with Gasteiger partial charge in [0.2, 0.25) is 0 Å². The lowest BCUT2D eigenvalue weighted by Crippen LogP contribution is -2.62. The predicted octanol–water partition coefficient (Wildman–Crippen LogP) is 1.08. The standard InChI is InChI=1S/C13H20O8S4/c1-5-9(22(14)15)13(10(6-2)23(16)17,11(7-3)24(18)19)12(8-4)25(20)21/h5-12H,1-4H2,(H,14,15)(H,16,17)(H,18,19)(H,20,21). The maximum atomic E-state index is 11.9. The molecule has 0 aromatic rings. The van der Waals surface area contributed by atoms with Crippen molar-refractivity contribution in [3.8, 4) is 0 Å². The molecule has 8 nitrogen and oxygen atoms in total. The molecule has 0 heterocycles. The summed E-state index contributed by atoms with van der Waals surface area (Å²) in [7, 11) is 0. The molecule has 144 valence electrons. The molecule has 25 heavy (non-hydrogen) atoms. The Kier molecular flexibility index (Phi) is 10.3. The molecule has 0 bridgehead atoms. The largest absolute Gasteiger partial charge is 0.306 e. The molecule has 0 fully saturated rings. The van der Waals surface area contributed by atoms with Gasteiger partial charge in [-0.25, -0.2) is 16.8 Å². The Balaban J connectivity index is 7.37. The average Bonchev–Trinajstić information content (AvgIpc) is 2.47. The van der Waals surface area contributed by atoms with Gasteiger partial charge in [0.1, 0.15) is 0 Å². The summed E-state index contributed by atoms with van der Waals surface area (Å²) in [5.74, 6) is 0. The average molecular weight is 433 g/mol. The van der Waals surface area contributed by atoms with Crippen LogP contribution in [0.2, 0.25) is 0 Å². The molecule has 12 heteroatoms. The zero-order chi connectivity index (χ0) is 19.9. The first kappa shape index (κ1) is 24.4. The molecular formula is C13H20O8S4. The van der Waals surface area contributed by atoms with Crippen LogP contribution in [0.15, 0.2) is 50.6 Å². The second-order valence-electron chi connectivity index (χ2n) is 4.73. The minimum Gasteiger partial charge on any atom is -0.306 e. The van der Waals surface area contributed by atoms with Gasteiger partial charge in [-0.15, -0.1) is 26.3 Å². The van der Waals surface area contributed by atoms with Crippen molar-refractivity contribution in [2.24, 2.45) is 5.41 Å². The lowest BCUT2D eigenvalue weighted by atomic mass is 9.73. The van der Waals surface area contributed by atoms with Gasteiger partial charge in [-0.05, 0) is 0 Å². The molecule has 0 saturated carbocycles. The molecule has 8 unspecified atom stereocenters. The van der Waals surface area contributed by atoms with Crippen molar-refractivity contribution in [3.63, 3.8) is 0 Å². The molecular weight excluding hydrogens is 412 g/mol. The van der Waals surface area contributed by atoms with Crippen molar-refractivity contribution in [2.45, 2.75) is 21.0 Å². The second-order valence-corrected chi connectivity index (χ2v) is 8.97. The quantitative estimate of drug-likeness (QED) is 0.264. The second kappa shape index (κ2) is 10.5. The van der Waals surface area contributed by atoms with Crippen LogP contribution in [-0.2, 0) is 44.3 Å². The maximum absolute atomic E-state index is 11.9. The zero-order valence-electron chi connectivity index (χ0n) is 13.0. The van der Waals surface area contributed by atoms with E-state index in [0.29, 0.717) is 0 Å². The normalized spacial score (nSPS) is 23.5. The van der Waals surface area contributed by atoms with Gasteiger partial charge in [-0.1, -0.05) is 24.3 Å². The lowest BCUT2D eigenvalue weighted by molar-refractivity contribution is 0.296. The van der Waals surface area contributed by atoms with Crippen molar-refractivity contribution in [1.29, 1.82) is 0 Å². The van der Waals surface area contributed by atoms with Crippen molar-refractivity contribution in [3.05, 3.63) is 50.6 Å². The molecule has 0 rings (SSSR count). The highest BCUT2D eigenvalue weighted by Gasteiger charge is 2.60. The number of hydrogen-bond acceptors (Lipinski definition) is 4. The van der Waals surface area contributed by atoms with E-state index in [1.165, 1.54) is 0 Å². The SMILES string of the molecule is C=CC(S(=O)O)C(C(C=C)S(=O)O)(C(C=C)S(=O)O)C(C=C)S(=O)O. The lowest BCUT2D eigenvalue weighted by Gasteiger charge is -2.47. The highest BCUT2D eigenvalue weighted by molar-refractivity contribution is 7.83. The van der Waals surface area contributed by atoms with Gasteiger partial charge in [0.15, 0.2) is 44.3 Å². The van der Waals surface area contributed by atoms with Crippen LogP contribution in [0.5, 0.6) is 0 Å². The maximum Gasteiger partial charge on any atom is 0.160 e. The Morgan fingerprint density at radius 3 is 0.800 bits per heavy atom. The molecule has 0 aliphatic carbocycles. The minimum absolute atomic E-state index is 0.909. The molecule has 4 N–H and O–H groups in total. The third-order valence-electron chi connectivity index (χ3n) is 3.70. The first-order chi connectivity index (χ1) is 11.6. The summed E-state index contributed by atoms with van der Waals surface area (Å²) >= 11 is -11.1. The van der Waals surface area contributed by atoms with Crippen LogP contribution in [0.4, 0.5) is 0 Å². The summed E-state index contributed by atoms with van der Waals surface area (Å²) in [4.78, 5) is 0. The van der Waals surface area contributed by atoms with Crippen LogP contribution in [0.3, 0.4) is 0 Å². The highest BCUT2D eigenvalue weighted by atomic mass is 32.2. The van der Waals surface area contributed by atoms with Crippen LogP contribution in [-0.4, -0.2) is 56.0 Å². The number of hydrogen-bond donors (Lipinski definition) is 4. The van der Waals surface area contributed by atoms with Gasteiger partial charge < -0.3 is 18.2 Å². The predicted molar refractivity (Wildman–Crippen MR) is 101 cm³/mol. The van der Waals surface area contributed by atoms with E-state index in [2.05, 4.69) is 26.3 Å². The molecule has 0 saturated heterocycles. The molecule has 0 aliphatic heterocycles. The van der Waals surface area contributed by atoms with Gasteiger partial charge in [0.25, 0.3) is 0 Å². The van der Waals surface area contributed by atoms with Crippen molar-refractivity contribution >= 4 is 44.3 Å². The minimum atomic E-state index is -2.79. The smallest absolute Gasteiger partial charge is 0.160 e. The van der Waals surface area contributed by atoms with Crippen LogP contribution >= 0.6 is 0 Å². The third-order valence-corrected chi connectivity index (χ3v) is 7.84. The molecule has 0 aromatic heterocycles. The molecule has 0 aliphatic rings. The summed E-state index contributed by atoms with van der Waals surface area (Å²) in [6, 6.07) is 0. The van der Waals surface area contributed by atoms with Crippen molar-refractivity contribution in [2.75, 3.05) is 0 Å². The van der Waals surface area contributed by atoms with Gasteiger partial charge in [0, 0.05) is 0 Å². The van der Waals surface area contributed by atoms with Crippen molar-refractivity contribution in [1.82, 2.24) is 0 Å². The first-order valence-corrected chi connectivity index (χ1v) is 11.1. The fourth-order valence-electron chi connectivity index (χ4n) is 2.82. The monoisotopic (exact) mass is 432 g/mol. The first-order valence-electron chi connectivity index (χ1n) is 6.46. The van der Waals surface area contributed by atoms with E-state index < -0.39 is 70.7 Å². The summed E-state index contributed by atoms with van der Waals surface area (Å²) in [5, 5.41) is -6.65. The van der Waals surface area contributed by atoms with Gasteiger partial charge in [0.05, 0.1) is 26.4 Å². The molecule has 8 atom stereocenters. The Morgan fingerprint density at radius 1 is 0.560 bits per heavy atom. The third kappa shape index (κ3) is 4.77. The van der Waals surface area contributed by atoms with E-state index in [9.17, 15) is 35.0 Å². The Labute approximate surface area is 156 Å². The van der Waals surface area contributed by atoms with Crippen molar-refractivity contribution < 1.29 is 35.0 Å². The van der Waals surface area contributed by atoms with E-state index in [1.807, 2.05) is 0 Å². The summed E-state index contributed by atoms with van der Waals surface area (Å²) in [6.07, 6.45) is 3.64. The zero-order valence-corrected chi connectivity index (χ0v) is 16.3. The van der Waals surface area contributed by atoms with Crippen LogP contribution < -0.4 is 0 Å². The van der Waals surface area contributed by atoms with E-state index >= 15 is 0 Å². The van der Waals surface area contributed by atoms with Gasteiger partial charge in [-0.2, -0.15) is 0 Å². The Bertz CT molecular complexity index is 522. The molecule has 0 aromatic carbocycles. The molecule has 0 amide bonds.